The minimum absolute atomic E-state index is 0.218. The summed E-state index contributed by atoms with van der Waals surface area (Å²) in [6, 6.07) is 19.9. The van der Waals surface area contributed by atoms with Crippen LogP contribution in [0.3, 0.4) is 0 Å². The molecule has 0 saturated heterocycles. The number of benzene rings is 2. The van der Waals surface area contributed by atoms with E-state index in [1.54, 1.807) is 6.92 Å². The minimum Gasteiger partial charge on any atom is -0.300 e. The first-order valence-electron chi connectivity index (χ1n) is 11.2. The first kappa shape index (κ1) is 23.7. The van der Waals surface area contributed by atoms with E-state index in [4.69, 9.17) is 0 Å². The molecule has 0 amide bonds. The summed E-state index contributed by atoms with van der Waals surface area (Å²) in [6.07, 6.45) is 7.64. The third-order valence-corrected chi connectivity index (χ3v) is 5.45. The van der Waals surface area contributed by atoms with Crippen molar-refractivity contribution in [1.29, 1.82) is 0 Å². The molecule has 0 spiro atoms. The zero-order chi connectivity index (χ0) is 21.6. The van der Waals surface area contributed by atoms with Crippen molar-refractivity contribution in [2.75, 3.05) is 0 Å². The van der Waals surface area contributed by atoms with Crippen LogP contribution in [0, 0.1) is 0 Å². The van der Waals surface area contributed by atoms with Gasteiger partial charge in [-0.25, -0.2) is 0 Å². The minimum atomic E-state index is -0.218. The molecule has 2 rings (SSSR count). The standard InChI is InChI=1S/C27H34O3/c1-22(28)14-6-2-11-19-25(29)20-12-5-13-21-26(30)27(23-15-7-3-8-16-23)24-17-9-4-10-18-24/h3-4,7-10,15-18,27H,2,5-6,11-14,19-21H2,1H3. The maximum absolute atomic E-state index is 13.0. The molecule has 0 fully saturated rings. The number of ketones is 3. The van der Waals surface area contributed by atoms with Crippen molar-refractivity contribution in [3.05, 3.63) is 71.8 Å². The van der Waals surface area contributed by atoms with Crippen LogP contribution in [0.5, 0.6) is 0 Å². The van der Waals surface area contributed by atoms with Crippen LogP contribution in [0.4, 0.5) is 0 Å². The normalized spacial score (nSPS) is 10.9. The molecule has 2 aromatic rings. The van der Waals surface area contributed by atoms with Gasteiger partial charge in [0.25, 0.3) is 0 Å². The summed E-state index contributed by atoms with van der Waals surface area (Å²) < 4.78 is 0. The number of hydrogen-bond acceptors (Lipinski definition) is 3. The molecule has 30 heavy (non-hydrogen) atoms. The number of hydrogen-bond donors (Lipinski definition) is 0. The fraction of sp³-hybridized carbons (Fsp3) is 0.444. The summed E-state index contributed by atoms with van der Waals surface area (Å²) in [5.41, 5.74) is 2.07. The van der Waals surface area contributed by atoms with Crippen LogP contribution >= 0.6 is 0 Å². The van der Waals surface area contributed by atoms with Gasteiger partial charge in [-0.05, 0) is 43.7 Å². The van der Waals surface area contributed by atoms with Crippen LogP contribution < -0.4 is 0 Å². The van der Waals surface area contributed by atoms with E-state index in [0.717, 1.165) is 49.7 Å². The lowest BCUT2D eigenvalue weighted by Crippen LogP contribution is -2.14. The molecule has 0 aliphatic heterocycles. The lowest BCUT2D eigenvalue weighted by Gasteiger charge is -2.17. The average Bonchev–Trinajstić information content (AvgIpc) is 2.75. The number of carbonyl (C=O) groups excluding carboxylic acids is 3. The van der Waals surface area contributed by atoms with E-state index >= 15 is 0 Å². The predicted molar refractivity (Wildman–Crippen MR) is 122 cm³/mol. The Hall–Kier alpha value is -2.55. The second-order valence-corrected chi connectivity index (χ2v) is 8.08. The van der Waals surface area contributed by atoms with E-state index in [0.29, 0.717) is 31.5 Å². The summed E-state index contributed by atoms with van der Waals surface area (Å²) in [6.45, 7) is 1.61. The Morgan fingerprint density at radius 2 is 1.03 bits per heavy atom. The smallest absolute Gasteiger partial charge is 0.144 e. The van der Waals surface area contributed by atoms with Gasteiger partial charge in [-0.2, -0.15) is 0 Å². The summed E-state index contributed by atoms with van der Waals surface area (Å²) in [5, 5.41) is 0. The highest BCUT2D eigenvalue weighted by molar-refractivity contribution is 5.89. The van der Waals surface area contributed by atoms with Gasteiger partial charge in [-0.3, -0.25) is 9.59 Å². The molecule has 0 radical (unpaired) electrons. The summed E-state index contributed by atoms with van der Waals surface area (Å²) in [5.74, 6) is 0.543. The number of rotatable bonds is 15. The van der Waals surface area contributed by atoms with Gasteiger partial charge in [-0.15, -0.1) is 0 Å². The first-order valence-corrected chi connectivity index (χ1v) is 11.2. The maximum Gasteiger partial charge on any atom is 0.144 e. The van der Waals surface area contributed by atoms with Crippen LogP contribution in [-0.2, 0) is 14.4 Å². The molecule has 0 unspecified atom stereocenters. The molecule has 0 saturated carbocycles. The second kappa shape index (κ2) is 13.6. The van der Waals surface area contributed by atoms with Gasteiger partial charge in [0.2, 0.25) is 0 Å². The third kappa shape index (κ3) is 8.86. The number of carbonyl (C=O) groups is 3. The predicted octanol–water partition coefficient (Wildman–Crippen LogP) is 6.45. The van der Waals surface area contributed by atoms with E-state index in [-0.39, 0.29) is 17.5 Å². The van der Waals surface area contributed by atoms with Gasteiger partial charge in [-0.1, -0.05) is 73.5 Å². The second-order valence-electron chi connectivity index (χ2n) is 8.08. The van der Waals surface area contributed by atoms with Crippen LogP contribution in [-0.4, -0.2) is 17.3 Å². The van der Waals surface area contributed by atoms with Gasteiger partial charge < -0.3 is 4.79 Å². The van der Waals surface area contributed by atoms with Crippen molar-refractivity contribution >= 4 is 17.3 Å². The highest BCUT2D eigenvalue weighted by atomic mass is 16.1. The fourth-order valence-electron chi connectivity index (χ4n) is 3.80. The molecule has 0 aliphatic rings. The molecule has 0 aromatic heterocycles. The molecule has 0 bridgehead atoms. The Balaban J connectivity index is 1.71. The molecule has 0 atom stereocenters. The van der Waals surface area contributed by atoms with Gasteiger partial charge in [0.05, 0.1) is 5.92 Å². The Bertz CT molecular complexity index is 741. The first-order chi connectivity index (χ1) is 14.6. The molecule has 0 aliphatic carbocycles. The van der Waals surface area contributed by atoms with Gasteiger partial charge in [0.15, 0.2) is 0 Å². The molecule has 160 valence electrons. The SMILES string of the molecule is CC(=O)CCCCCC(=O)CCCCCC(=O)C(c1ccccc1)c1ccccc1. The largest absolute Gasteiger partial charge is 0.300 e. The van der Waals surface area contributed by atoms with Gasteiger partial charge >= 0.3 is 0 Å². The van der Waals surface area contributed by atoms with Crippen LogP contribution in [0.15, 0.2) is 60.7 Å². The zero-order valence-corrected chi connectivity index (χ0v) is 18.1. The van der Waals surface area contributed by atoms with Crippen LogP contribution in [0.1, 0.15) is 88.2 Å². The van der Waals surface area contributed by atoms with E-state index in [2.05, 4.69) is 0 Å². The summed E-state index contributed by atoms with van der Waals surface area (Å²) >= 11 is 0. The van der Waals surface area contributed by atoms with Crippen LogP contribution in [0.2, 0.25) is 0 Å². The van der Waals surface area contributed by atoms with Crippen molar-refractivity contribution in [1.82, 2.24) is 0 Å². The average molecular weight is 407 g/mol. The Morgan fingerprint density at radius 3 is 1.50 bits per heavy atom. The van der Waals surface area contributed by atoms with Gasteiger partial charge in [0.1, 0.15) is 17.3 Å². The highest BCUT2D eigenvalue weighted by Crippen LogP contribution is 2.27. The Kier molecular flexibility index (Phi) is 10.8. The van der Waals surface area contributed by atoms with E-state index in [9.17, 15) is 14.4 Å². The quantitative estimate of drug-likeness (QED) is 0.320. The molecular formula is C27H34O3. The lowest BCUT2D eigenvalue weighted by atomic mass is 9.85. The Labute approximate surface area is 180 Å². The molecule has 0 heterocycles. The van der Waals surface area contributed by atoms with Crippen LogP contribution in [0.25, 0.3) is 0 Å². The zero-order valence-electron chi connectivity index (χ0n) is 18.1. The fourth-order valence-corrected chi connectivity index (χ4v) is 3.80. The van der Waals surface area contributed by atoms with Crippen molar-refractivity contribution in [2.45, 2.75) is 77.0 Å². The lowest BCUT2D eigenvalue weighted by molar-refractivity contribution is -0.120. The maximum atomic E-state index is 13.0. The third-order valence-electron chi connectivity index (χ3n) is 5.45. The molecular weight excluding hydrogens is 372 g/mol. The Morgan fingerprint density at radius 1 is 0.600 bits per heavy atom. The van der Waals surface area contributed by atoms with Crippen molar-refractivity contribution in [3.8, 4) is 0 Å². The monoisotopic (exact) mass is 406 g/mol. The summed E-state index contributed by atoms with van der Waals surface area (Å²) in [7, 11) is 0. The van der Waals surface area contributed by atoms with Gasteiger partial charge in [0, 0.05) is 25.7 Å². The number of Topliss-reactive ketones (excluding diaryl/α,β-unsaturated/α-hetero) is 3. The summed E-state index contributed by atoms with van der Waals surface area (Å²) in [4.78, 5) is 35.9. The molecule has 3 nitrogen and oxygen atoms in total. The number of unbranched alkanes of at least 4 members (excludes halogenated alkanes) is 4. The van der Waals surface area contributed by atoms with Crippen molar-refractivity contribution in [3.63, 3.8) is 0 Å². The molecule has 2 aromatic carbocycles. The molecule has 3 heteroatoms. The van der Waals surface area contributed by atoms with E-state index < -0.39 is 0 Å². The topological polar surface area (TPSA) is 51.2 Å². The van der Waals surface area contributed by atoms with Crippen molar-refractivity contribution in [2.24, 2.45) is 0 Å². The van der Waals surface area contributed by atoms with E-state index in [1.807, 2.05) is 60.7 Å². The van der Waals surface area contributed by atoms with Crippen molar-refractivity contribution < 1.29 is 14.4 Å². The van der Waals surface area contributed by atoms with E-state index in [1.165, 1.54) is 0 Å². The molecule has 0 N–H and O–H groups in total. The highest BCUT2D eigenvalue weighted by Gasteiger charge is 2.21.